The van der Waals surface area contributed by atoms with E-state index in [9.17, 15) is 29.8 Å². The minimum absolute atomic E-state index is 0.143. The summed E-state index contributed by atoms with van der Waals surface area (Å²) in [5, 5.41) is 30.8. The molecule has 1 N–H and O–H groups in total. The molecule has 0 spiro atoms. The number of rotatable bonds is 7. The predicted molar refractivity (Wildman–Crippen MR) is 137 cm³/mol. The molecule has 1 aliphatic rings. The molecule has 0 saturated carbocycles. The van der Waals surface area contributed by atoms with Crippen molar-refractivity contribution in [2.45, 2.75) is 11.9 Å². The average molecular weight is 532 g/mol. The van der Waals surface area contributed by atoms with Crippen LogP contribution in [0.4, 0.5) is 11.4 Å². The van der Waals surface area contributed by atoms with Gasteiger partial charge < -0.3 is 0 Å². The number of amides is 2. The molecule has 5 rings (SSSR count). The third-order valence-corrected chi connectivity index (χ3v) is 6.86. The van der Waals surface area contributed by atoms with Crippen LogP contribution in [0.5, 0.6) is 0 Å². The second-order valence-corrected chi connectivity index (χ2v) is 9.25. The number of para-hydroxylation sites is 1. The summed E-state index contributed by atoms with van der Waals surface area (Å²) < 4.78 is 1.39. The molecule has 13 nitrogen and oxygen atoms in total. The maximum absolute atomic E-state index is 13.4. The quantitative estimate of drug-likeness (QED) is 0.213. The van der Waals surface area contributed by atoms with Crippen LogP contribution >= 0.6 is 11.8 Å². The van der Waals surface area contributed by atoms with E-state index in [0.717, 1.165) is 16.8 Å². The Morgan fingerprint density at radius 1 is 1.00 bits per heavy atom. The predicted octanol–water partition coefficient (Wildman–Crippen LogP) is 3.59. The molecule has 2 heterocycles. The lowest BCUT2D eigenvalue weighted by Gasteiger charge is -2.24. The van der Waals surface area contributed by atoms with Crippen molar-refractivity contribution in [3.63, 3.8) is 0 Å². The lowest BCUT2D eigenvalue weighted by atomic mass is 10.2. The SMILES string of the molecule is O=C(Cn1nnc2ccccc21)NN1C(=O)/C(=C/c2cccc([N+](=O)[O-])c2)SC1c1cccc([N+](=O)[O-])c1. The highest BCUT2D eigenvalue weighted by Gasteiger charge is 2.39. The fourth-order valence-electron chi connectivity index (χ4n) is 3.88. The Morgan fingerprint density at radius 2 is 1.71 bits per heavy atom. The number of hydrogen-bond acceptors (Lipinski definition) is 9. The highest BCUT2D eigenvalue weighted by Crippen LogP contribution is 2.45. The first kappa shape index (κ1) is 24.6. The standard InChI is InChI=1S/C24H17N7O6S/c32-22(14-28-20-10-2-1-9-19(20)25-27-28)26-29-23(33)21(12-15-5-3-7-17(11-15)30(34)35)38-24(29)16-6-4-8-18(13-16)31(36)37/h1-13,24H,14H2,(H,26,32)/b21-12-. The molecule has 0 radical (unpaired) electrons. The molecule has 1 aliphatic heterocycles. The molecule has 3 aromatic carbocycles. The Morgan fingerprint density at radius 3 is 2.47 bits per heavy atom. The van der Waals surface area contributed by atoms with Crippen LogP contribution in [0.15, 0.2) is 77.7 Å². The largest absolute Gasteiger partial charge is 0.280 e. The first-order valence-electron chi connectivity index (χ1n) is 11.1. The van der Waals surface area contributed by atoms with E-state index < -0.39 is 27.0 Å². The molecule has 4 aromatic rings. The first-order chi connectivity index (χ1) is 18.3. The lowest BCUT2D eigenvalue weighted by molar-refractivity contribution is -0.385. The van der Waals surface area contributed by atoms with Gasteiger partial charge in [0.1, 0.15) is 17.4 Å². The molecular formula is C24H17N7O6S. The summed E-state index contributed by atoms with van der Waals surface area (Å²) in [6.45, 7) is -0.236. The van der Waals surface area contributed by atoms with E-state index >= 15 is 0 Å². The number of hydrazine groups is 1. The topological polar surface area (TPSA) is 166 Å². The summed E-state index contributed by atoms with van der Waals surface area (Å²) in [6.07, 6.45) is 1.47. The maximum atomic E-state index is 13.4. The van der Waals surface area contributed by atoms with Gasteiger partial charge in [-0.15, -0.1) is 5.10 Å². The van der Waals surface area contributed by atoms with Gasteiger partial charge in [-0.1, -0.05) is 53.4 Å². The molecule has 1 aromatic heterocycles. The third kappa shape index (κ3) is 4.92. The van der Waals surface area contributed by atoms with E-state index in [1.807, 2.05) is 0 Å². The maximum Gasteiger partial charge on any atom is 0.280 e. The van der Waals surface area contributed by atoms with Crippen molar-refractivity contribution in [2.24, 2.45) is 0 Å². The summed E-state index contributed by atoms with van der Waals surface area (Å²) >= 11 is 1.06. The van der Waals surface area contributed by atoms with E-state index in [2.05, 4.69) is 15.7 Å². The van der Waals surface area contributed by atoms with Gasteiger partial charge in [0.05, 0.1) is 20.3 Å². The summed E-state index contributed by atoms with van der Waals surface area (Å²) in [5.41, 5.74) is 4.33. The highest BCUT2D eigenvalue weighted by molar-refractivity contribution is 8.04. The van der Waals surface area contributed by atoms with Gasteiger partial charge in [-0.3, -0.25) is 35.2 Å². The zero-order valence-electron chi connectivity index (χ0n) is 19.3. The number of nitro groups is 2. The van der Waals surface area contributed by atoms with Crippen LogP contribution in [0.1, 0.15) is 16.5 Å². The molecule has 38 heavy (non-hydrogen) atoms. The number of hydrogen-bond donors (Lipinski definition) is 1. The van der Waals surface area contributed by atoms with Crippen molar-refractivity contribution < 1.29 is 19.4 Å². The van der Waals surface area contributed by atoms with Gasteiger partial charge in [0, 0.05) is 24.3 Å². The van der Waals surface area contributed by atoms with Crippen molar-refractivity contribution in [2.75, 3.05) is 0 Å². The number of carbonyl (C=O) groups excluding carboxylic acids is 2. The van der Waals surface area contributed by atoms with Gasteiger partial charge in [0.25, 0.3) is 23.2 Å². The van der Waals surface area contributed by atoms with Gasteiger partial charge in [-0.05, 0) is 29.3 Å². The Hall–Kier alpha value is -5.11. The normalized spacial score (nSPS) is 16.2. The molecule has 0 aliphatic carbocycles. The number of benzene rings is 3. The van der Waals surface area contributed by atoms with E-state index in [1.165, 1.54) is 47.2 Å². The fraction of sp³-hybridized carbons (Fsp3) is 0.0833. The van der Waals surface area contributed by atoms with Crippen molar-refractivity contribution >= 4 is 52.1 Å². The number of fused-ring (bicyclic) bond motifs is 1. The van der Waals surface area contributed by atoms with Crippen molar-refractivity contribution in [3.8, 4) is 0 Å². The Labute approximate surface area is 218 Å². The Kier molecular flexibility index (Phi) is 6.53. The van der Waals surface area contributed by atoms with Crippen molar-refractivity contribution in [1.29, 1.82) is 0 Å². The monoisotopic (exact) mass is 531 g/mol. The van der Waals surface area contributed by atoms with E-state index in [-0.39, 0.29) is 22.8 Å². The number of nitrogens with one attached hydrogen (secondary N) is 1. The zero-order valence-corrected chi connectivity index (χ0v) is 20.1. The number of nitro benzene ring substituents is 2. The Bertz CT molecular complexity index is 1640. The van der Waals surface area contributed by atoms with Crippen LogP contribution in [-0.2, 0) is 16.1 Å². The van der Waals surface area contributed by atoms with Crippen LogP contribution in [0.25, 0.3) is 17.1 Å². The number of aromatic nitrogens is 3. The van der Waals surface area contributed by atoms with E-state index in [4.69, 9.17) is 0 Å². The fourth-order valence-corrected chi connectivity index (χ4v) is 5.06. The van der Waals surface area contributed by atoms with E-state index in [0.29, 0.717) is 22.2 Å². The van der Waals surface area contributed by atoms with Crippen LogP contribution in [0, 0.1) is 20.2 Å². The number of nitrogens with zero attached hydrogens (tertiary/aromatic N) is 6. The molecular weight excluding hydrogens is 514 g/mol. The second-order valence-electron chi connectivity index (χ2n) is 8.13. The smallest absolute Gasteiger partial charge is 0.271 e. The summed E-state index contributed by atoms with van der Waals surface area (Å²) in [6, 6.07) is 18.6. The number of non-ortho nitro benzene ring substituents is 2. The van der Waals surface area contributed by atoms with Crippen LogP contribution in [-0.4, -0.2) is 41.7 Å². The molecule has 1 unspecified atom stereocenters. The molecule has 1 atom stereocenters. The third-order valence-electron chi connectivity index (χ3n) is 5.61. The average Bonchev–Trinajstić information content (AvgIpc) is 3.45. The second kappa shape index (κ2) is 10.1. The van der Waals surface area contributed by atoms with Crippen LogP contribution in [0.3, 0.4) is 0 Å². The van der Waals surface area contributed by atoms with Gasteiger partial charge >= 0.3 is 0 Å². The number of thioether (sulfide) groups is 1. The van der Waals surface area contributed by atoms with Crippen molar-refractivity contribution in [1.82, 2.24) is 25.4 Å². The summed E-state index contributed by atoms with van der Waals surface area (Å²) in [4.78, 5) is 48.0. The Balaban J connectivity index is 1.46. The minimum Gasteiger partial charge on any atom is -0.271 e. The van der Waals surface area contributed by atoms with Gasteiger partial charge in [0.2, 0.25) is 0 Å². The minimum atomic E-state index is -0.830. The molecule has 190 valence electrons. The number of carbonyl (C=O) groups is 2. The molecule has 2 amide bonds. The molecule has 1 fully saturated rings. The molecule has 14 heteroatoms. The molecule has 0 bridgehead atoms. The van der Waals surface area contributed by atoms with Gasteiger partial charge in [0.15, 0.2) is 0 Å². The summed E-state index contributed by atoms with van der Waals surface area (Å²) in [5.74, 6) is -1.14. The van der Waals surface area contributed by atoms with Gasteiger partial charge in [-0.25, -0.2) is 9.69 Å². The highest BCUT2D eigenvalue weighted by atomic mass is 32.2. The van der Waals surface area contributed by atoms with Crippen molar-refractivity contribution in [3.05, 3.63) is 109 Å². The van der Waals surface area contributed by atoms with Crippen LogP contribution in [0.2, 0.25) is 0 Å². The van der Waals surface area contributed by atoms with Crippen LogP contribution < -0.4 is 5.43 Å². The summed E-state index contributed by atoms with van der Waals surface area (Å²) in [7, 11) is 0. The zero-order chi connectivity index (χ0) is 26.8. The molecule has 1 saturated heterocycles. The first-order valence-corrected chi connectivity index (χ1v) is 12.0. The van der Waals surface area contributed by atoms with Gasteiger partial charge in [-0.2, -0.15) is 0 Å². The lowest BCUT2D eigenvalue weighted by Crippen LogP contribution is -2.45. The van der Waals surface area contributed by atoms with E-state index in [1.54, 1.807) is 36.4 Å².